The molecule has 3 fully saturated rings. The Bertz CT molecular complexity index is 1020. The van der Waals surface area contributed by atoms with E-state index in [1.54, 1.807) is 0 Å². The lowest BCUT2D eigenvalue weighted by molar-refractivity contribution is 0.0469. The van der Waals surface area contributed by atoms with E-state index in [0.29, 0.717) is 16.9 Å². The van der Waals surface area contributed by atoms with Crippen LogP contribution in [0, 0.1) is 5.41 Å². The van der Waals surface area contributed by atoms with Crippen molar-refractivity contribution >= 4 is 11.5 Å². The van der Waals surface area contributed by atoms with Crippen LogP contribution in [0.15, 0.2) is 42.7 Å². The van der Waals surface area contributed by atoms with E-state index in [-0.39, 0.29) is 0 Å². The lowest BCUT2D eigenvalue weighted by Crippen LogP contribution is -2.63. The van der Waals surface area contributed by atoms with Crippen molar-refractivity contribution in [2.45, 2.75) is 57.9 Å². The highest BCUT2D eigenvalue weighted by Gasteiger charge is 2.48. The molecule has 0 atom stereocenters. The maximum absolute atomic E-state index is 4.90. The number of pyridine rings is 2. The van der Waals surface area contributed by atoms with Gasteiger partial charge in [0.2, 0.25) is 0 Å². The van der Waals surface area contributed by atoms with Crippen LogP contribution in [0.2, 0.25) is 0 Å². The molecule has 1 aliphatic heterocycles. The van der Waals surface area contributed by atoms with E-state index >= 15 is 0 Å². The van der Waals surface area contributed by atoms with Gasteiger partial charge < -0.3 is 10.6 Å². The van der Waals surface area contributed by atoms with Crippen molar-refractivity contribution in [2.75, 3.05) is 18.4 Å². The number of fused-ring (bicyclic) bond motifs is 1. The fourth-order valence-corrected chi connectivity index (χ4v) is 4.73. The molecule has 0 bridgehead atoms. The molecule has 1 spiro atoms. The number of hydrogen-bond acceptors (Lipinski definition) is 4. The lowest BCUT2D eigenvalue weighted by atomic mass is 9.62. The molecule has 152 valence electrons. The Morgan fingerprint density at radius 3 is 2.59 bits per heavy atom. The zero-order chi connectivity index (χ0) is 20.1. The van der Waals surface area contributed by atoms with Crippen LogP contribution in [0.1, 0.15) is 52.0 Å². The molecule has 2 N–H and O–H groups in total. The third-order valence-corrected chi connectivity index (χ3v) is 6.92. The largest absolute Gasteiger partial charge is 0.367 e. The zero-order valence-corrected chi connectivity index (χ0v) is 17.7. The molecule has 0 aromatic carbocycles. The second-order valence-electron chi connectivity index (χ2n) is 9.11. The van der Waals surface area contributed by atoms with Gasteiger partial charge in [-0.2, -0.15) is 0 Å². The Kier molecular flexibility index (Phi) is 4.39. The highest BCUT2D eigenvalue weighted by Crippen LogP contribution is 2.47. The molecule has 5 heteroatoms. The van der Waals surface area contributed by atoms with Gasteiger partial charge in [-0.15, -0.1) is 0 Å². The monoisotopic (exact) mass is 389 g/mol. The quantitative estimate of drug-likeness (QED) is 0.683. The number of anilines is 1. The first-order valence-corrected chi connectivity index (χ1v) is 11.1. The predicted molar refractivity (Wildman–Crippen MR) is 118 cm³/mol. The highest BCUT2D eigenvalue weighted by atomic mass is 15.1. The number of rotatable bonds is 4. The molecule has 3 aliphatic rings. The molecule has 5 nitrogen and oxygen atoms in total. The summed E-state index contributed by atoms with van der Waals surface area (Å²) < 4.78 is 2.20. The van der Waals surface area contributed by atoms with Gasteiger partial charge in [-0.25, -0.2) is 9.97 Å². The molecule has 2 aliphatic carbocycles. The zero-order valence-electron chi connectivity index (χ0n) is 17.7. The molecular formula is C24H31N5. The van der Waals surface area contributed by atoms with Gasteiger partial charge in [0.15, 0.2) is 0 Å². The van der Waals surface area contributed by atoms with Crippen molar-refractivity contribution in [3.8, 4) is 11.4 Å². The van der Waals surface area contributed by atoms with E-state index in [9.17, 15) is 0 Å². The molecule has 6 rings (SSSR count). The lowest BCUT2D eigenvalue weighted by Gasteiger charge is -2.54. The molecule has 0 radical (unpaired) electrons. The average Bonchev–Trinajstić information content (AvgIpc) is 3.30. The van der Waals surface area contributed by atoms with Gasteiger partial charge in [-0.05, 0) is 60.3 Å². The van der Waals surface area contributed by atoms with E-state index in [1.807, 2.05) is 20.0 Å². The fraction of sp³-hybridized carbons (Fsp3) is 0.500. The van der Waals surface area contributed by atoms with Crippen LogP contribution < -0.4 is 10.6 Å². The number of hydrogen-bond donors (Lipinski definition) is 2. The summed E-state index contributed by atoms with van der Waals surface area (Å²) in [7, 11) is 0. The Labute approximate surface area is 173 Å². The second kappa shape index (κ2) is 6.84. The SMILES string of the molecule is CC.CC1(c2ccc3ncc(-c4cccc(NC5CC6(CNC6)C5)n4)n3c2)CC1. The predicted octanol–water partition coefficient (Wildman–Crippen LogP) is 4.64. The molecule has 3 aromatic heterocycles. The minimum Gasteiger partial charge on any atom is -0.367 e. The van der Waals surface area contributed by atoms with Gasteiger partial charge >= 0.3 is 0 Å². The van der Waals surface area contributed by atoms with E-state index in [1.165, 1.54) is 44.3 Å². The molecule has 2 saturated carbocycles. The standard InChI is InChI=1S/C22H25N5.C2H6/c1-21(7-8-21)15-5-6-20-24-11-18(27(20)12-15)17-3-2-4-19(26-17)25-16-9-22(10-16)13-23-14-22;1-2/h2-6,11-12,16,23H,7-10,13-14H2,1H3,(H,25,26);1-2H3. The van der Waals surface area contributed by atoms with Gasteiger partial charge in [0, 0.05) is 25.3 Å². The first-order valence-electron chi connectivity index (χ1n) is 11.1. The normalized spacial score (nSPS) is 21.1. The molecular weight excluding hydrogens is 358 g/mol. The minimum atomic E-state index is 0.350. The van der Waals surface area contributed by atoms with Crippen molar-refractivity contribution in [1.29, 1.82) is 0 Å². The second-order valence-corrected chi connectivity index (χ2v) is 9.11. The molecule has 0 amide bonds. The summed E-state index contributed by atoms with van der Waals surface area (Å²) in [6.45, 7) is 8.71. The van der Waals surface area contributed by atoms with E-state index in [0.717, 1.165) is 22.9 Å². The number of aromatic nitrogens is 3. The summed E-state index contributed by atoms with van der Waals surface area (Å²) in [4.78, 5) is 9.49. The summed E-state index contributed by atoms with van der Waals surface area (Å²) >= 11 is 0. The topological polar surface area (TPSA) is 54.2 Å². The maximum Gasteiger partial charge on any atom is 0.137 e. The van der Waals surface area contributed by atoms with Crippen LogP contribution in [-0.4, -0.2) is 33.5 Å². The van der Waals surface area contributed by atoms with Crippen molar-refractivity contribution in [3.63, 3.8) is 0 Å². The number of imidazole rings is 1. The average molecular weight is 390 g/mol. The van der Waals surface area contributed by atoms with Crippen LogP contribution in [-0.2, 0) is 5.41 Å². The van der Waals surface area contributed by atoms with Crippen LogP contribution in [0.25, 0.3) is 17.0 Å². The molecule has 29 heavy (non-hydrogen) atoms. The summed E-state index contributed by atoms with van der Waals surface area (Å²) in [6.07, 6.45) is 9.26. The first-order chi connectivity index (χ1) is 14.1. The van der Waals surface area contributed by atoms with Crippen LogP contribution in [0.3, 0.4) is 0 Å². The first kappa shape index (κ1) is 18.6. The summed E-state index contributed by atoms with van der Waals surface area (Å²) in [5, 5.41) is 7.03. The van der Waals surface area contributed by atoms with Crippen LogP contribution in [0.4, 0.5) is 5.82 Å². The van der Waals surface area contributed by atoms with Crippen molar-refractivity contribution in [3.05, 3.63) is 48.3 Å². The van der Waals surface area contributed by atoms with Crippen LogP contribution >= 0.6 is 0 Å². The smallest absolute Gasteiger partial charge is 0.137 e. The van der Waals surface area contributed by atoms with Gasteiger partial charge in [0.1, 0.15) is 11.5 Å². The van der Waals surface area contributed by atoms with Gasteiger partial charge in [0.25, 0.3) is 0 Å². The van der Waals surface area contributed by atoms with E-state index < -0.39 is 0 Å². The number of nitrogens with one attached hydrogen (secondary N) is 2. The third-order valence-electron chi connectivity index (χ3n) is 6.92. The molecule has 1 saturated heterocycles. The Hall–Kier alpha value is -2.40. The Morgan fingerprint density at radius 2 is 1.90 bits per heavy atom. The summed E-state index contributed by atoms with van der Waals surface area (Å²) in [5.41, 5.74) is 5.35. The Morgan fingerprint density at radius 1 is 1.10 bits per heavy atom. The molecule has 3 aromatic rings. The van der Waals surface area contributed by atoms with Gasteiger partial charge in [-0.3, -0.25) is 4.40 Å². The van der Waals surface area contributed by atoms with E-state index in [4.69, 9.17) is 4.98 Å². The molecule has 4 heterocycles. The van der Waals surface area contributed by atoms with Crippen molar-refractivity contribution < 1.29 is 0 Å². The van der Waals surface area contributed by atoms with Gasteiger partial charge in [-0.1, -0.05) is 32.9 Å². The minimum absolute atomic E-state index is 0.350. The van der Waals surface area contributed by atoms with Crippen molar-refractivity contribution in [1.82, 2.24) is 19.7 Å². The van der Waals surface area contributed by atoms with Gasteiger partial charge in [0.05, 0.1) is 17.6 Å². The summed E-state index contributed by atoms with van der Waals surface area (Å²) in [6, 6.07) is 11.2. The fourth-order valence-electron chi connectivity index (χ4n) is 4.73. The van der Waals surface area contributed by atoms with Crippen molar-refractivity contribution in [2.24, 2.45) is 5.41 Å². The van der Waals surface area contributed by atoms with E-state index in [2.05, 4.69) is 63.5 Å². The third kappa shape index (κ3) is 3.21. The Balaban J connectivity index is 0.000000882. The molecule has 0 unspecified atom stereocenters. The highest BCUT2D eigenvalue weighted by molar-refractivity contribution is 5.62. The maximum atomic E-state index is 4.90. The summed E-state index contributed by atoms with van der Waals surface area (Å²) in [5.74, 6) is 0.972. The van der Waals surface area contributed by atoms with Crippen LogP contribution in [0.5, 0.6) is 0 Å². The number of nitrogens with zero attached hydrogens (tertiary/aromatic N) is 3.